The quantitative estimate of drug-likeness (QED) is 0.833. The van der Waals surface area contributed by atoms with Gasteiger partial charge in [-0.1, -0.05) is 29.4 Å². The highest BCUT2D eigenvalue weighted by atomic mass is 16.6. The highest BCUT2D eigenvalue weighted by Crippen LogP contribution is 2.24. The number of methoxy groups -OCH3 is 1. The Morgan fingerprint density at radius 1 is 1.20 bits per heavy atom. The van der Waals surface area contributed by atoms with E-state index >= 15 is 0 Å². The molecule has 7 nitrogen and oxygen atoms in total. The van der Waals surface area contributed by atoms with Crippen LogP contribution in [0.5, 0.6) is 5.75 Å². The van der Waals surface area contributed by atoms with Crippen molar-refractivity contribution in [3.63, 3.8) is 0 Å². The summed E-state index contributed by atoms with van der Waals surface area (Å²) in [5.74, 6) is -0.915. The van der Waals surface area contributed by atoms with Gasteiger partial charge in [-0.05, 0) is 24.3 Å². The molecule has 1 amide bonds. The second kappa shape index (κ2) is 7.04. The van der Waals surface area contributed by atoms with Crippen LogP contribution in [0.2, 0.25) is 0 Å². The van der Waals surface area contributed by atoms with Crippen molar-refractivity contribution in [2.24, 2.45) is 5.16 Å². The van der Waals surface area contributed by atoms with Crippen LogP contribution in [-0.4, -0.2) is 35.9 Å². The molecule has 1 aliphatic heterocycles. The molecule has 0 radical (unpaired) electrons. The number of nitrogens with zero attached hydrogens (tertiary/aromatic N) is 1. The first-order chi connectivity index (χ1) is 12.1. The zero-order chi connectivity index (χ0) is 17.8. The second-order valence-electron chi connectivity index (χ2n) is 5.38. The Hall–Kier alpha value is -3.35. The molecule has 1 atom stereocenters. The Morgan fingerprint density at radius 3 is 2.68 bits per heavy atom. The summed E-state index contributed by atoms with van der Waals surface area (Å²) in [6.45, 7) is 0. The van der Waals surface area contributed by atoms with Crippen LogP contribution >= 0.6 is 0 Å². The molecule has 2 aromatic rings. The van der Waals surface area contributed by atoms with E-state index in [4.69, 9.17) is 9.57 Å². The molecule has 2 N–H and O–H groups in total. The van der Waals surface area contributed by atoms with Crippen LogP contribution in [0.15, 0.2) is 53.7 Å². The van der Waals surface area contributed by atoms with Crippen molar-refractivity contribution in [1.82, 2.24) is 0 Å². The number of oxime groups is 1. The number of benzene rings is 2. The van der Waals surface area contributed by atoms with Crippen LogP contribution in [0.3, 0.4) is 0 Å². The summed E-state index contributed by atoms with van der Waals surface area (Å²) < 4.78 is 4.70. The van der Waals surface area contributed by atoms with Crippen molar-refractivity contribution >= 4 is 23.3 Å². The zero-order valence-electron chi connectivity index (χ0n) is 13.4. The number of carbonyl (C=O) groups is 2. The van der Waals surface area contributed by atoms with Gasteiger partial charge in [0.25, 0.3) is 5.91 Å². The summed E-state index contributed by atoms with van der Waals surface area (Å²) in [6, 6.07) is 13.2. The minimum absolute atomic E-state index is 0.0712. The average Bonchev–Trinajstić information content (AvgIpc) is 3.12. The molecule has 0 fully saturated rings. The molecule has 128 valence electrons. The molecule has 2 aromatic carbocycles. The van der Waals surface area contributed by atoms with E-state index in [1.807, 2.05) is 0 Å². The van der Waals surface area contributed by atoms with E-state index in [0.717, 1.165) is 0 Å². The maximum absolute atomic E-state index is 12.4. The van der Waals surface area contributed by atoms with Crippen LogP contribution in [0.4, 0.5) is 5.69 Å². The number of esters is 1. The fourth-order valence-corrected chi connectivity index (χ4v) is 2.49. The molecule has 7 heteroatoms. The van der Waals surface area contributed by atoms with Gasteiger partial charge in [-0.3, -0.25) is 4.79 Å². The highest BCUT2D eigenvalue weighted by molar-refractivity contribution is 6.08. The van der Waals surface area contributed by atoms with E-state index in [9.17, 15) is 14.7 Å². The predicted octanol–water partition coefficient (Wildman–Crippen LogP) is 2.31. The monoisotopic (exact) mass is 340 g/mol. The summed E-state index contributed by atoms with van der Waals surface area (Å²) in [5, 5.41) is 16.4. The summed E-state index contributed by atoms with van der Waals surface area (Å²) in [6.07, 6.45) is -0.635. The molecule has 0 spiro atoms. The Bertz CT molecular complexity index is 847. The van der Waals surface area contributed by atoms with Gasteiger partial charge in [0.1, 0.15) is 5.75 Å². The first kappa shape index (κ1) is 16.5. The maximum Gasteiger partial charge on any atom is 0.339 e. The molecule has 1 aliphatic rings. The topological polar surface area (TPSA) is 97.2 Å². The van der Waals surface area contributed by atoms with E-state index < -0.39 is 18.0 Å². The smallest absolute Gasteiger partial charge is 0.339 e. The minimum atomic E-state index is -0.847. The molecule has 3 rings (SSSR count). The molecule has 0 saturated heterocycles. The van der Waals surface area contributed by atoms with Gasteiger partial charge < -0.3 is 20.0 Å². The van der Waals surface area contributed by atoms with Crippen LogP contribution in [0.25, 0.3) is 0 Å². The molecule has 0 unspecified atom stereocenters. The lowest BCUT2D eigenvalue weighted by molar-refractivity contribution is -0.125. The predicted molar refractivity (Wildman–Crippen MR) is 90.5 cm³/mol. The maximum atomic E-state index is 12.4. The lowest BCUT2D eigenvalue weighted by atomic mass is 10.0. The van der Waals surface area contributed by atoms with Crippen molar-refractivity contribution in [2.45, 2.75) is 12.5 Å². The Kier molecular flexibility index (Phi) is 4.65. The number of para-hydroxylation sites is 2. The molecule has 1 heterocycles. The number of nitrogens with one attached hydrogen (secondary N) is 1. The number of hydrogen-bond donors (Lipinski definition) is 2. The fraction of sp³-hybridized carbons (Fsp3) is 0.167. The van der Waals surface area contributed by atoms with Gasteiger partial charge in [0, 0.05) is 12.0 Å². The van der Waals surface area contributed by atoms with Gasteiger partial charge >= 0.3 is 5.97 Å². The molecular formula is C18H16N2O5. The molecule has 0 saturated carbocycles. The van der Waals surface area contributed by atoms with Gasteiger partial charge in [-0.15, -0.1) is 0 Å². The summed E-state index contributed by atoms with van der Waals surface area (Å²) in [5.41, 5.74) is 1.59. The van der Waals surface area contributed by atoms with E-state index in [1.54, 1.807) is 42.5 Å². The largest absolute Gasteiger partial charge is 0.507 e. The fourth-order valence-electron chi connectivity index (χ4n) is 2.49. The van der Waals surface area contributed by atoms with Gasteiger partial charge in [-0.2, -0.15) is 0 Å². The average molecular weight is 340 g/mol. The van der Waals surface area contributed by atoms with Crippen LogP contribution in [-0.2, 0) is 14.4 Å². The van der Waals surface area contributed by atoms with Crippen molar-refractivity contribution in [3.8, 4) is 5.75 Å². The van der Waals surface area contributed by atoms with Crippen molar-refractivity contribution < 1.29 is 24.3 Å². The third-order valence-electron chi connectivity index (χ3n) is 3.77. The first-order valence-corrected chi connectivity index (χ1v) is 7.59. The summed E-state index contributed by atoms with van der Waals surface area (Å²) >= 11 is 0. The SMILES string of the molecule is COC(=O)c1ccccc1NC(=O)[C@H]1CC(c2ccccc2O)=NO1. The number of anilines is 1. The number of carbonyl (C=O) groups excluding carboxylic acids is 2. The van der Waals surface area contributed by atoms with Crippen molar-refractivity contribution in [2.75, 3.05) is 12.4 Å². The number of aromatic hydroxyl groups is 1. The summed E-state index contributed by atoms with van der Waals surface area (Å²) in [7, 11) is 1.27. The van der Waals surface area contributed by atoms with E-state index in [-0.39, 0.29) is 17.7 Å². The van der Waals surface area contributed by atoms with E-state index in [2.05, 4.69) is 10.5 Å². The number of ether oxygens (including phenoxy) is 1. The minimum Gasteiger partial charge on any atom is -0.507 e. The van der Waals surface area contributed by atoms with Crippen molar-refractivity contribution in [3.05, 3.63) is 59.7 Å². The molecule has 25 heavy (non-hydrogen) atoms. The normalized spacial score (nSPS) is 15.9. The molecule has 0 aromatic heterocycles. The number of phenols is 1. The first-order valence-electron chi connectivity index (χ1n) is 7.59. The third kappa shape index (κ3) is 3.45. The van der Waals surface area contributed by atoms with Crippen LogP contribution < -0.4 is 5.32 Å². The highest BCUT2D eigenvalue weighted by Gasteiger charge is 2.30. The van der Waals surface area contributed by atoms with E-state index in [0.29, 0.717) is 17.0 Å². The van der Waals surface area contributed by atoms with Gasteiger partial charge in [0.05, 0.1) is 24.1 Å². The molecule has 0 aliphatic carbocycles. The van der Waals surface area contributed by atoms with Crippen molar-refractivity contribution in [1.29, 1.82) is 0 Å². The third-order valence-corrected chi connectivity index (χ3v) is 3.77. The lowest BCUT2D eigenvalue weighted by Crippen LogP contribution is -2.28. The molecular weight excluding hydrogens is 324 g/mol. The van der Waals surface area contributed by atoms with Gasteiger partial charge in [0.2, 0.25) is 6.10 Å². The van der Waals surface area contributed by atoms with E-state index in [1.165, 1.54) is 13.2 Å². The second-order valence-corrected chi connectivity index (χ2v) is 5.38. The Labute approximate surface area is 143 Å². The number of rotatable bonds is 4. The van der Waals surface area contributed by atoms with Crippen LogP contribution in [0.1, 0.15) is 22.3 Å². The van der Waals surface area contributed by atoms with Crippen LogP contribution in [0, 0.1) is 0 Å². The Morgan fingerprint density at radius 2 is 1.92 bits per heavy atom. The summed E-state index contributed by atoms with van der Waals surface area (Å²) in [4.78, 5) is 29.4. The number of hydrogen-bond acceptors (Lipinski definition) is 6. The molecule has 0 bridgehead atoms. The number of phenolic OH excluding ortho intramolecular Hbond substituents is 1. The standard InChI is InChI=1S/C18H16N2O5/c1-24-18(23)12-7-2-4-8-13(12)19-17(22)16-10-14(20-25-16)11-6-3-5-9-15(11)21/h2-9,16,21H,10H2,1H3,(H,19,22)/t16-/m1/s1. The van der Waals surface area contributed by atoms with Gasteiger partial charge in [-0.25, -0.2) is 4.79 Å². The van der Waals surface area contributed by atoms with Gasteiger partial charge in [0.15, 0.2) is 0 Å². The lowest BCUT2D eigenvalue weighted by Gasteiger charge is -2.12. The zero-order valence-corrected chi connectivity index (χ0v) is 13.4. The Balaban J connectivity index is 1.71. The number of amides is 1.